The van der Waals surface area contributed by atoms with Crippen LogP contribution in [0.2, 0.25) is 5.02 Å². The number of nitriles is 1. The zero-order chi connectivity index (χ0) is 19.4. The van der Waals surface area contributed by atoms with Crippen molar-refractivity contribution in [2.75, 3.05) is 0 Å². The van der Waals surface area contributed by atoms with E-state index in [1.54, 1.807) is 24.3 Å². The van der Waals surface area contributed by atoms with Crippen molar-refractivity contribution >= 4 is 23.5 Å². The predicted octanol–water partition coefficient (Wildman–Crippen LogP) is 2.41. The van der Waals surface area contributed by atoms with Gasteiger partial charge in [-0.2, -0.15) is 10.2 Å². The van der Waals surface area contributed by atoms with Crippen LogP contribution in [-0.2, 0) is 13.1 Å². The number of halogens is 1. The van der Waals surface area contributed by atoms with Crippen LogP contribution in [0.25, 0.3) is 0 Å². The van der Waals surface area contributed by atoms with Gasteiger partial charge in [0.25, 0.3) is 5.56 Å². The molecule has 0 saturated carbocycles. The Labute approximate surface area is 162 Å². The predicted molar refractivity (Wildman–Crippen MR) is 96.0 cm³/mol. The maximum atomic E-state index is 12.2. The maximum Gasteiger partial charge on any atom is 0.258 e. The van der Waals surface area contributed by atoms with Gasteiger partial charge in [-0.15, -0.1) is 4.47 Å². The lowest BCUT2D eigenvalue weighted by atomic mass is 10.2. The van der Waals surface area contributed by atoms with Crippen LogP contribution in [0.4, 0.5) is 0 Å². The van der Waals surface area contributed by atoms with Crippen molar-refractivity contribution in [2.45, 2.75) is 24.9 Å². The van der Waals surface area contributed by atoms with Crippen molar-refractivity contribution < 1.29 is 9.73 Å². The van der Waals surface area contributed by atoms with E-state index in [0.717, 1.165) is 21.3 Å². The molecule has 0 spiro atoms. The molecule has 1 aromatic carbocycles. The summed E-state index contributed by atoms with van der Waals surface area (Å²) in [6, 6.07) is 8.83. The molecule has 0 aliphatic heterocycles. The summed E-state index contributed by atoms with van der Waals surface area (Å²) in [7, 11) is 0. The normalized spacial score (nSPS) is 10.9. The van der Waals surface area contributed by atoms with E-state index in [1.807, 2.05) is 6.07 Å². The molecule has 0 atom stereocenters. The number of hydroxylamine groups is 1. The van der Waals surface area contributed by atoms with E-state index in [9.17, 15) is 10.0 Å². The average Bonchev–Trinajstić information content (AvgIpc) is 3.08. The van der Waals surface area contributed by atoms with Crippen molar-refractivity contribution in [1.29, 1.82) is 5.26 Å². The van der Waals surface area contributed by atoms with Gasteiger partial charge in [-0.05, 0) is 43.1 Å². The Morgan fingerprint density at radius 1 is 1.41 bits per heavy atom. The van der Waals surface area contributed by atoms with E-state index in [1.165, 1.54) is 17.8 Å². The van der Waals surface area contributed by atoms with E-state index in [2.05, 4.69) is 15.1 Å². The summed E-state index contributed by atoms with van der Waals surface area (Å²) in [5.74, 6) is 0.434. The van der Waals surface area contributed by atoms with Gasteiger partial charge in [0.15, 0.2) is 11.5 Å². The minimum Gasteiger partial charge on any atom is -0.337 e. The third kappa shape index (κ3) is 4.72. The Hall–Kier alpha value is -2.71. The number of benzene rings is 1. The van der Waals surface area contributed by atoms with Crippen molar-refractivity contribution in [3.63, 3.8) is 0 Å². The number of nitrogens with zero attached hydrogens (tertiary/aromatic N) is 6. The monoisotopic (exact) mass is 404 g/mol. The van der Waals surface area contributed by atoms with E-state index in [-0.39, 0.29) is 41.6 Å². The molecule has 0 bridgehead atoms. The van der Waals surface area contributed by atoms with Gasteiger partial charge in [-0.25, -0.2) is 4.98 Å². The number of rotatable bonds is 6. The van der Waals surface area contributed by atoms with Gasteiger partial charge in [0, 0.05) is 9.92 Å². The molecule has 11 heteroatoms. The molecule has 27 heavy (non-hydrogen) atoms. The third-order valence-corrected chi connectivity index (χ3v) is 4.56. The van der Waals surface area contributed by atoms with E-state index >= 15 is 0 Å². The first-order valence-electron chi connectivity index (χ1n) is 7.64. The second-order valence-corrected chi connectivity index (χ2v) is 6.93. The van der Waals surface area contributed by atoms with Crippen LogP contribution >= 0.6 is 23.5 Å². The Bertz CT molecular complexity index is 1040. The van der Waals surface area contributed by atoms with Crippen LogP contribution in [0.15, 0.2) is 44.8 Å². The molecule has 0 fully saturated rings. The smallest absolute Gasteiger partial charge is 0.258 e. The van der Waals surface area contributed by atoms with Crippen molar-refractivity contribution in [1.82, 2.24) is 24.2 Å². The fourth-order valence-electron chi connectivity index (χ4n) is 2.15. The van der Waals surface area contributed by atoms with E-state index in [0.29, 0.717) is 5.02 Å². The molecular formula is C16H13ClN6O3S. The summed E-state index contributed by atoms with van der Waals surface area (Å²) in [6.07, 6.45) is 1.26. The maximum absolute atomic E-state index is 12.2. The van der Waals surface area contributed by atoms with Gasteiger partial charge in [0.05, 0.1) is 18.4 Å². The third-order valence-electron chi connectivity index (χ3n) is 3.49. The lowest BCUT2D eigenvalue weighted by molar-refractivity contribution is 0.00616. The van der Waals surface area contributed by atoms with Crippen molar-refractivity contribution in [2.24, 2.45) is 0 Å². The highest BCUT2D eigenvalue weighted by atomic mass is 35.5. The summed E-state index contributed by atoms with van der Waals surface area (Å²) < 4.78 is 7.34. The molecule has 138 valence electrons. The summed E-state index contributed by atoms with van der Waals surface area (Å²) in [5, 5.41) is 23.3. The second kappa shape index (κ2) is 8.32. The Kier molecular flexibility index (Phi) is 5.88. The van der Waals surface area contributed by atoms with Gasteiger partial charge < -0.3 is 9.73 Å². The highest BCUT2D eigenvalue weighted by molar-refractivity contribution is 7.96. The molecule has 9 nitrogen and oxygen atoms in total. The van der Waals surface area contributed by atoms with Crippen LogP contribution in [0.5, 0.6) is 0 Å². The minimum atomic E-state index is -0.358. The summed E-state index contributed by atoms with van der Waals surface area (Å²) in [5.41, 5.74) is -0.0263. The van der Waals surface area contributed by atoms with Gasteiger partial charge in [0.2, 0.25) is 5.89 Å². The standard InChI is InChI=1S/C16H13ClN6O3S/c1-10-13(6-18)19-9-22(16(10)24)8-15-20-14(21-26-15)7-23(25)27-12-4-2-11(17)3-5-12/h2-5,9,25H,7-8H2,1H3. The minimum absolute atomic E-state index is 0.0103. The number of hydrogen-bond donors (Lipinski definition) is 1. The first-order chi connectivity index (χ1) is 13.0. The second-order valence-electron chi connectivity index (χ2n) is 5.42. The van der Waals surface area contributed by atoms with Crippen molar-refractivity contribution in [3.05, 3.63) is 68.9 Å². The lowest BCUT2D eigenvalue weighted by Gasteiger charge is -2.10. The molecule has 1 N–H and O–H groups in total. The van der Waals surface area contributed by atoms with Crippen LogP contribution in [0, 0.1) is 18.3 Å². The lowest BCUT2D eigenvalue weighted by Crippen LogP contribution is -2.24. The molecule has 2 aromatic heterocycles. The highest BCUT2D eigenvalue weighted by Crippen LogP contribution is 2.23. The Balaban J connectivity index is 1.65. The topological polar surface area (TPSA) is 121 Å². The Morgan fingerprint density at radius 3 is 2.85 bits per heavy atom. The molecule has 2 heterocycles. The molecule has 3 aromatic rings. The van der Waals surface area contributed by atoms with Crippen molar-refractivity contribution in [3.8, 4) is 6.07 Å². The zero-order valence-electron chi connectivity index (χ0n) is 14.0. The van der Waals surface area contributed by atoms with E-state index < -0.39 is 0 Å². The number of hydrogen-bond acceptors (Lipinski definition) is 9. The van der Waals surface area contributed by atoms with Gasteiger partial charge >= 0.3 is 0 Å². The fraction of sp³-hybridized carbons (Fsp3) is 0.188. The molecule has 3 rings (SSSR count). The zero-order valence-corrected chi connectivity index (χ0v) is 15.6. The summed E-state index contributed by atoms with van der Waals surface area (Å²) in [6.45, 7) is 1.55. The summed E-state index contributed by atoms with van der Waals surface area (Å²) in [4.78, 5) is 21.0. The SMILES string of the molecule is Cc1c(C#N)ncn(Cc2nc(CN(O)Sc3ccc(Cl)cc3)no2)c1=O. The van der Waals surface area contributed by atoms with Crippen LogP contribution in [-0.4, -0.2) is 29.4 Å². The summed E-state index contributed by atoms with van der Waals surface area (Å²) >= 11 is 6.90. The number of aromatic nitrogens is 4. The molecule has 0 saturated heterocycles. The molecule has 0 amide bonds. The molecule has 0 aliphatic rings. The van der Waals surface area contributed by atoms with E-state index in [4.69, 9.17) is 21.4 Å². The van der Waals surface area contributed by atoms with Gasteiger partial charge in [-0.3, -0.25) is 9.36 Å². The largest absolute Gasteiger partial charge is 0.337 e. The van der Waals surface area contributed by atoms with Gasteiger partial charge in [-0.1, -0.05) is 16.8 Å². The molecule has 0 aliphatic carbocycles. The average molecular weight is 405 g/mol. The van der Waals surface area contributed by atoms with Gasteiger partial charge in [0.1, 0.15) is 12.6 Å². The molecular weight excluding hydrogens is 392 g/mol. The Morgan fingerprint density at radius 2 is 2.15 bits per heavy atom. The molecule has 0 radical (unpaired) electrons. The first-order valence-corrected chi connectivity index (χ1v) is 8.79. The van der Waals surface area contributed by atoms with Crippen LogP contribution in [0.1, 0.15) is 23.0 Å². The van der Waals surface area contributed by atoms with Crippen LogP contribution < -0.4 is 5.56 Å². The fourth-order valence-corrected chi connectivity index (χ4v) is 2.96. The quantitative estimate of drug-likeness (QED) is 0.487. The first kappa shape index (κ1) is 19.1. The molecule has 0 unspecified atom stereocenters. The highest BCUT2D eigenvalue weighted by Gasteiger charge is 2.14. The van der Waals surface area contributed by atoms with Crippen LogP contribution in [0.3, 0.4) is 0 Å².